The molecule has 3 heterocycles. The molecule has 0 saturated carbocycles. The zero-order valence-corrected chi connectivity index (χ0v) is 17.1. The number of imidazole rings is 1. The summed E-state index contributed by atoms with van der Waals surface area (Å²) >= 11 is 0. The van der Waals surface area contributed by atoms with E-state index in [2.05, 4.69) is 9.97 Å². The van der Waals surface area contributed by atoms with Crippen LogP contribution in [0, 0.1) is 6.92 Å². The molecular formula is C23H26N4O3. The summed E-state index contributed by atoms with van der Waals surface area (Å²) in [6.07, 6.45) is 8.14. The molecule has 2 aromatic heterocycles. The Balaban J connectivity index is 1.23. The number of rotatable bonds is 6. The van der Waals surface area contributed by atoms with Gasteiger partial charge in [0.15, 0.2) is 0 Å². The van der Waals surface area contributed by atoms with E-state index in [0.717, 1.165) is 37.1 Å². The minimum atomic E-state index is -0.312. The SMILES string of the molecule is Cc1cccc(CCc2ccc(OC(=O)N3CCC(On4ccnc4)CC3)cc2)n1. The highest BCUT2D eigenvalue weighted by Crippen LogP contribution is 2.17. The van der Waals surface area contributed by atoms with E-state index in [4.69, 9.17) is 9.57 Å². The van der Waals surface area contributed by atoms with Crippen LogP contribution in [0.3, 0.4) is 0 Å². The van der Waals surface area contributed by atoms with Crippen molar-refractivity contribution in [2.24, 2.45) is 0 Å². The Morgan fingerprint density at radius 2 is 1.90 bits per heavy atom. The van der Waals surface area contributed by atoms with Gasteiger partial charge in [0.1, 0.15) is 18.2 Å². The number of ether oxygens (including phenoxy) is 1. The fraction of sp³-hybridized carbons (Fsp3) is 0.348. The average Bonchev–Trinajstić information content (AvgIpc) is 3.27. The summed E-state index contributed by atoms with van der Waals surface area (Å²) in [5.41, 5.74) is 3.31. The van der Waals surface area contributed by atoms with Crippen molar-refractivity contribution in [2.75, 3.05) is 13.1 Å². The molecular weight excluding hydrogens is 380 g/mol. The van der Waals surface area contributed by atoms with E-state index in [1.54, 1.807) is 28.4 Å². The summed E-state index contributed by atoms with van der Waals surface area (Å²) in [5.74, 6) is 0.564. The first-order valence-corrected chi connectivity index (χ1v) is 10.3. The molecule has 30 heavy (non-hydrogen) atoms. The Kier molecular flexibility index (Phi) is 6.27. The number of carbonyl (C=O) groups is 1. The number of nitrogens with zero attached hydrogens (tertiary/aromatic N) is 4. The Bertz CT molecular complexity index is 949. The van der Waals surface area contributed by atoms with Gasteiger partial charge >= 0.3 is 6.09 Å². The molecule has 1 fully saturated rings. The van der Waals surface area contributed by atoms with Crippen LogP contribution in [0.25, 0.3) is 0 Å². The molecule has 1 amide bonds. The summed E-state index contributed by atoms with van der Waals surface area (Å²) in [4.78, 5) is 28.5. The van der Waals surface area contributed by atoms with Crippen LogP contribution < -0.4 is 9.57 Å². The lowest BCUT2D eigenvalue weighted by Crippen LogP contribution is -2.44. The standard InChI is InChI=1S/C23H26N4O3/c1-18-3-2-4-20(25-18)8-5-19-6-9-21(10-7-19)29-23(28)26-14-11-22(12-15-26)30-27-16-13-24-17-27/h2-4,6-7,9-10,13,16-17,22H,5,8,11-12,14-15H2,1H3. The first-order chi connectivity index (χ1) is 14.7. The quantitative estimate of drug-likeness (QED) is 0.627. The van der Waals surface area contributed by atoms with E-state index in [1.807, 2.05) is 49.4 Å². The van der Waals surface area contributed by atoms with Gasteiger partial charge in [0.05, 0.1) is 6.20 Å². The van der Waals surface area contributed by atoms with Crippen molar-refractivity contribution in [3.63, 3.8) is 0 Å². The van der Waals surface area contributed by atoms with E-state index in [9.17, 15) is 4.79 Å². The van der Waals surface area contributed by atoms with Crippen LogP contribution in [-0.4, -0.2) is 44.9 Å². The molecule has 1 aliphatic rings. The van der Waals surface area contributed by atoms with Gasteiger partial charge in [-0.3, -0.25) is 4.98 Å². The second-order valence-corrected chi connectivity index (χ2v) is 7.50. The summed E-state index contributed by atoms with van der Waals surface area (Å²) in [5, 5.41) is 0. The van der Waals surface area contributed by atoms with Crippen LogP contribution in [0.2, 0.25) is 0 Å². The molecule has 1 aliphatic heterocycles. The Hall–Kier alpha value is -3.35. The molecule has 1 aromatic carbocycles. The van der Waals surface area contributed by atoms with Crippen molar-refractivity contribution in [3.8, 4) is 5.75 Å². The Labute approximate surface area is 176 Å². The fourth-order valence-corrected chi connectivity index (χ4v) is 3.53. The molecule has 3 aromatic rings. The van der Waals surface area contributed by atoms with E-state index >= 15 is 0 Å². The van der Waals surface area contributed by atoms with Gasteiger partial charge < -0.3 is 14.5 Å². The number of aromatic nitrogens is 3. The molecule has 0 aliphatic carbocycles. The molecule has 7 nitrogen and oxygen atoms in total. The molecule has 0 spiro atoms. The monoisotopic (exact) mass is 406 g/mol. The maximum absolute atomic E-state index is 12.5. The molecule has 0 bridgehead atoms. The van der Waals surface area contributed by atoms with Crippen LogP contribution in [-0.2, 0) is 12.8 Å². The van der Waals surface area contributed by atoms with E-state index in [1.165, 1.54) is 5.56 Å². The van der Waals surface area contributed by atoms with Gasteiger partial charge in [0.25, 0.3) is 0 Å². The largest absolute Gasteiger partial charge is 0.415 e. The first-order valence-electron chi connectivity index (χ1n) is 10.3. The highest BCUT2D eigenvalue weighted by atomic mass is 16.7. The van der Waals surface area contributed by atoms with Gasteiger partial charge in [-0.1, -0.05) is 18.2 Å². The zero-order chi connectivity index (χ0) is 20.8. The van der Waals surface area contributed by atoms with Crippen molar-refractivity contribution in [1.29, 1.82) is 0 Å². The third kappa shape index (κ3) is 5.37. The van der Waals surface area contributed by atoms with E-state index in [-0.39, 0.29) is 12.2 Å². The number of benzene rings is 1. The summed E-state index contributed by atoms with van der Waals surface area (Å²) in [6.45, 7) is 3.22. The van der Waals surface area contributed by atoms with Crippen molar-refractivity contribution < 1.29 is 14.4 Å². The third-order valence-electron chi connectivity index (χ3n) is 5.20. The van der Waals surface area contributed by atoms with Crippen molar-refractivity contribution in [3.05, 3.63) is 78.1 Å². The maximum Gasteiger partial charge on any atom is 0.415 e. The number of aryl methyl sites for hydroxylation is 3. The van der Waals surface area contributed by atoms with Gasteiger partial charge in [0.2, 0.25) is 0 Å². The number of carbonyl (C=O) groups excluding carboxylic acids is 1. The van der Waals surface area contributed by atoms with Gasteiger partial charge in [-0.25, -0.2) is 9.78 Å². The highest BCUT2D eigenvalue weighted by molar-refractivity contribution is 5.70. The highest BCUT2D eigenvalue weighted by Gasteiger charge is 2.25. The van der Waals surface area contributed by atoms with Gasteiger partial charge in [-0.05, 0) is 49.6 Å². The Morgan fingerprint density at radius 3 is 2.60 bits per heavy atom. The fourth-order valence-electron chi connectivity index (χ4n) is 3.53. The molecule has 7 heteroatoms. The number of piperidine rings is 1. The van der Waals surface area contributed by atoms with Gasteiger partial charge in [-0.2, -0.15) is 4.73 Å². The lowest BCUT2D eigenvalue weighted by molar-refractivity contribution is -0.0000188. The second kappa shape index (κ2) is 9.43. The molecule has 4 rings (SSSR count). The minimum absolute atomic E-state index is 0.0745. The van der Waals surface area contributed by atoms with Gasteiger partial charge in [0, 0.05) is 43.5 Å². The molecule has 0 atom stereocenters. The molecule has 0 N–H and O–H groups in total. The van der Waals surface area contributed by atoms with E-state index in [0.29, 0.717) is 18.8 Å². The lowest BCUT2D eigenvalue weighted by Gasteiger charge is -2.31. The predicted octanol–water partition coefficient (Wildman–Crippen LogP) is 3.46. The van der Waals surface area contributed by atoms with Crippen LogP contribution in [0.5, 0.6) is 5.75 Å². The average molecular weight is 406 g/mol. The topological polar surface area (TPSA) is 69.5 Å². The minimum Gasteiger partial charge on any atom is -0.410 e. The van der Waals surface area contributed by atoms with Crippen LogP contribution >= 0.6 is 0 Å². The van der Waals surface area contributed by atoms with Crippen molar-refractivity contribution in [1.82, 2.24) is 19.6 Å². The van der Waals surface area contributed by atoms with Gasteiger partial charge in [-0.15, -0.1) is 0 Å². The number of pyridine rings is 1. The summed E-state index contributed by atoms with van der Waals surface area (Å²) in [6, 6.07) is 13.8. The zero-order valence-electron chi connectivity index (χ0n) is 17.1. The number of likely N-dealkylation sites (tertiary alicyclic amines) is 1. The molecule has 0 unspecified atom stereocenters. The number of hydrogen-bond acceptors (Lipinski definition) is 5. The first kappa shape index (κ1) is 19.9. The van der Waals surface area contributed by atoms with Crippen molar-refractivity contribution in [2.45, 2.75) is 38.7 Å². The lowest BCUT2D eigenvalue weighted by atomic mass is 10.1. The number of hydrogen-bond donors (Lipinski definition) is 0. The predicted molar refractivity (Wildman–Crippen MR) is 112 cm³/mol. The maximum atomic E-state index is 12.5. The third-order valence-corrected chi connectivity index (χ3v) is 5.20. The van der Waals surface area contributed by atoms with Crippen LogP contribution in [0.15, 0.2) is 61.2 Å². The Morgan fingerprint density at radius 1 is 1.10 bits per heavy atom. The second-order valence-electron chi connectivity index (χ2n) is 7.50. The van der Waals surface area contributed by atoms with Crippen molar-refractivity contribution >= 4 is 6.09 Å². The molecule has 156 valence electrons. The summed E-state index contributed by atoms with van der Waals surface area (Å²) in [7, 11) is 0. The smallest absolute Gasteiger partial charge is 0.410 e. The summed E-state index contributed by atoms with van der Waals surface area (Å²) < 4.78 is 7.15. The molecule has 1 saturated heterocycles. The normalized spacial score (nSPS) is 14.5. The molecule has 0 radical (unpaired) electrons. The van der Waals surface area contributed by atoms with Crippen LogP contribution in [0.4, 0.5) is 4.79 Å². The van der Waals surface area contributed by atoms with Crippen LogP contribution in [0.1, 0.15) is 29.8 Å². The number of amides is 1. The van der Waals surface area contributed by atoms with E-state index < -0.39 is 0 Å².